The Kier molecular flexibility index (Phi) is 4.77. The van der Waals surface area contributed by atoms with Gasteiger partial charge in [0.1, 0.15) is 0 Å². The van der Waals surface area contributed by atoms with E-state index in [4.69, 9.17) is 5.11 Å². The first kappa shape index (κ1) is 18.1. The van der Waals surface area contributed by atoms with Crippen LogP contribution in [0.1, 0.15) is 25.7 Å². The molecule has 4 rings (SSSR count). The zero-order valence-electron chi connectivity index (χ0n) is 15.5. The van der Waals surface area contributed by atoms with E-state index in [1.54, 1.807) is 10.9 Å². The van der Waals surface area contributed by atoms with E-state index in [2.05, 4.69) is 20.6 Å². The summed E-state index contributed by atoms with van der Waals surface area (Å²) >= 11 is 0. The molecule has 28 heavy (non-hydrogen) atoms. The van der Waals surface area contributed by atoms with E-state index >= 15 is 0 Å². The van der Waals surface area contributed by atoms with Gasteiger partial charge in [-0.2, -0.15) is 5.10 Å². The van der Waals surface area contributed by atoms with Crippen molar-refractivity contribution in [2.45, 2.75) is 25.7 Å². The summed E-state index contributed by atoms with van der Waals surface area (Å²) in [5.74, 6) is -1.02. The lowest BCUT2D eigenvalue weighted by Gasteiger charge is -2.24. The molecule has 1 aromatic carbocycles. The molecule has 0 unspecified atom stereocenters. The van der Waals surface area contributed by atoms with Crippen LogP contribution in [0.5, 0.6) is 0 Å². The Hall–Kier alpha value is -3.29. The maximum Gasteiger partial charge on any atom is 0.306 e. The molecule has 1 amide bonds. The van der Waals surface area contributed by atoms with Gasteiger partial charge in [-0.1, -0.05) is 6.07 Å². The van der Waals surface area contributed by atoms with Gasteiger partial charge in [0.15, 0.2) is 5.82 Å². The minimum absolute atomic E-state index is 0.124. The number of fused-ring (bicyclic) bond motifs is 1. The standard InChI is InChI=1S/C20H21N5O3/c1-25-11-16(10-21-25)14-6-7-17-15(8-14)9-18(24-23-17)22-19(26)12-2-4-13(5-3-12)20(27)28/h6-13H,2-5H2,1H3,(H,27,28)(H,22,24,26). The Balaban J connectivity index is 1.49. The van der Waals surface area contributed by atoms with Crippen LogP contribution in [0.4, 0.5) is 5.82 Å². The summed E-state index contributed by atoms with van der Waals surface area (Å²) in [5, 5.41) is 25.3. The number of carbonyl (C=O) groups is 2. The van der Waals surface area contributed by atoms with E-state index in [0.717, 1.165) is 22.0 Å². The molecule has 8 heteroatoms. The summed E-state index contributed by atoms with van der Waals surface area (Å²) in [6, 6.07) is 7.66. The second-order valence-corrected chi connectivity index (χ2v) is 7.28. The molecule has 0 saturated heterocycles. The Bertz CT molecular complexity index is 1040. The third-order valence-electron chi connectivity index (χ3n) is 5.32. The molecule has 0 spiro atoms. The van der Waals surface area contributed by atoms with E-state index in [-0.39, 0.29) is 17.7 Å². The minimum Gasteiger partial charge on any atom is -0.481 e. The monoisotopic (exact) mass is 379 g/mol. The summed E-state index contributed by atoms with van der Waals surface area (Å²) in [6.45, 7) is 0. The van der Waals surface area contributed by atoms with Crippen LogP contribution in [-0.4, -0.2) is 37.0 Å². The largest absolute Gasteiger partial charge is 0.481 e. The zero-order valence-corrected chi connectivity index (χ0v) is 15.5. The van der Waals surface area contributed by atoms with E-state index in [0.29, 0.717) is 31.5 Å². The van der Waals surface area contributed by atoms with Gasteiger partial charge in [0.05, 0.1) is 17.6 Å². The second kappa shape index (κ2) is 7.38. The first-order valence-corrected chi connectivity index (χ1v) is 9.30. The van der Waals surface area contributed by atoms with Gasteiger partial charge in [-0.15, -0.1) is 10.2 Å². The molecule has 1 saturated carbocycles. The van der Waals surface area contributed by atoms with Crippen molar-refractivity contribution >= 4 is 28.6 Å². The SMILES string of the molecule is Cn1cc(-c2ccc3nnc(NC(=O)C4CCC(C(=O)O)CC4)cc3c2)cn1. The average Bonchev–Trinajstić information content (AvgIpc) is 3.14. The summed E-state index contributed by atoms with van der Waals surface area (Å²) in [6.07, 6.45) is 5.96. The molecule has 0 bridgehead atoms. The molecule has 2 heterocycles. The molecule has 8 nitrogen and oxygen atoms in total. The molecule has 0 atom stereocenters. The predicted octanol–water partition coefficient (Wildman–Crippen LogP) is 2.86. The molecule has 1 fully saturated rings. The number of carbonyl (C=O) groups excluding carboxylic acids is 1. The van der Waals surface area contributed by atoms with Gasteiger partial charge in [-0.3, -0.25) is 14.3 Å². The van der Waals surface area contributed by atoms with Crippen molar-refractivity contribution < 1.29 is 14.7 Å². The molecule has 0 aliphatic heterocycles. The highest BCUT2D eigenvalue weighted by Crippen LogP contribution is 2.30. The third kappa shape index (κ3) is 3.71. The van der Waals surface area contributed by atoms with E-state index in [1.807, 2.05) is 37.5 Å². The van der Waals surface area contributed by atoms with Crippen molar-refractivity contribution in [1.29, 1.82) is 0 Å². The number of benzene rings is 1. The normalized spacial score (nSPS) is 19.5. The van der Waals surface area contributed by atoms with Crippen LogP contribution in [0, 0.1) is 11.8 Å². The molecule has 0 radical (unpaired) electrons. The molecule has 3 aromatic rings. The first-order valence-electron chi connectivity index (χ1n) is 9.30. The number of aromatic nitrogens is 4. The fourth-order valence-corrected chi connectivity index (χ4v) is 3.69. The number of carboxylic acid groups (broad SMARTS) is 1. The summed E-state index contributed by atoms with van der Waals surface area (Å²) < 4.78 is 1.75. The summed E-state index contributed by atoms with van der Waals surface area (Å²) in [7, 11) is 1.87. The summed E-state index contributed by atoms with van der Waals surface area (Å²) in [4.78, 5) is 23.6. The maximum absolute atomic E-state index is 12.5. The first-order chi connectivity index (χ1) is 13.5. The predicted molar refractivity (Wildman–Crippen MR) is 103 cm³/mol. The summed E-state index contributed by atoms with van der Waals surface area (Å²) in [5.41, 5.74) is 2.76. The van der Waals surface area contributed by atoms with Gasteiger partial charge in [-0.05, 0) is 49.4 Å². The van der Waals surface area contributed by atoms with Crippen LogP contribution in [0.15, 0.2) is 36.7 Å². The number of nitrogens with zero attached hydrogens (tertiary/aromatic N) is 4. The van der Waals surface area contributed by atoms with Crippen molar-refractivity contribution in [1.82, 2.24) is 20.0 Å². The number of aliphatic carboxylic acids is 1. The van der Waals surface area contributed by atoms with Gasteiger partial charge >= 0.3 is 5.97 Å². The fourth-order valence-electron chi connectivity index (χ4n) is 3.69. The number of anilines is 1. The van der Waals surface area contributed by atoms with E-state index < -0.39 is 5.97 Å². The fraction of sp³-hybridized carbons (Fsp3) is 0.350. The minimum atomic E-state index is -0.774. The highest BCUT2D eigenvalue weighted by atomic mass is 16.4. The topological polar surface area (TPSA) is 110 Å². The molecule has 2 aromatic heterocycles. The van der Waals surface area contributed by atoms with Crippen LogP contribution in [0.25, 0.3) is 22.0 Å². The van der Waals surface area contributed by atoms with Crippen LogP contribution >= 0.6 is 0 Å². The second-order valence-electron chi connectivity index (χ2n) is 7.28. The number of hydrogen-bond donors (Lipinski definition) is 2. The maximum atomic E-state index is 12.5. The molecular weight excluding hydrogens is 358 g/mol. The Morgan fingerprint density at radius 1 is 1.07 bits per heavy atom. The van der Waals surface area contributed by atoms with Crippen LogP contribution in [0.2, 0.25) is 0 Å². The number of amides is 1. The van der Waals surface area contributed by atoms with E-state index in [1.165, 1.54) is 0 Å². The Morgan fingerprint density at radius 2 is 1.82 bits per heavy atom. The van der Waals surface area contributed by atoms with Crippen molar-refractivity contribution in [2.24, 2.45) is 18.9 Å². The molecule has 1 aliphatic carbocycles. The highest BCUT2D eigenvalue weighted by Gasteiger charge is 2.29. The van der Waals surface area contributed by atoms with Gasteiger partial charge in [0.2, 0.25) is 5.91 Å². The molecule has 2 N–H and O–H groups in total. The smallest absolute Gasteiger partial charge is 0.306 e. The third-order valence-corrected chi connectivity index (χ3v) is 5.32. The Morgan fingerprint density at radius 3 is 2.50 bits per heavy atom. The van der Waals surface area contributed by atoms with Gasteiger partial charge < -0.3 is 10.4 Å². The number of carboxylic acids is 1. The number of nitrogens with one attached hydrogen (secondary N) is 1. The lowest BCUT2D eigenvalue weighted by Crippen LogP contribution is -2.29. The average molecular weight is 379 g/mol. The van der Waals surface area contributed by atoms with Crippen LogP contribution < -0.4 is 5.32 Å². The number of aryl methyl sites for hydroxylation is 1. The molecule has 1 aliphatic rings. The van der Waals surface area contributed by atoms with Gasteiger partial charge in [-0.25, -0.2) is 0 Å². The van der Waals surface area contributed by atoms with Crippen molar-refractivity contribution in [2.75, 3.05) is 5.32 Å². The zero-order chi connectivity index (χ0) is 19.7. The lowest BCUT2D eigenvalue weighted by atomic mass is 9.81. The van der Waals surface area contributed by atoms with Crippen LogP contribution in [-0.2, 0) is 16.6 Å². The van der Waals surface area contributed by atoms with Gasteiger partial charge in [0.25, 0.3) is 0 Å². The number of rotatable bonds is 4. The van der Waals surface area contributed by atoms with Crippen molar-refractivity contribution in [3.05, 3.63) is 36.7 Å². The Labute approximate surface area is 161 Å². The van der Waals surface area contributed by atoms with Gasteiger partial charge in [0, 0.05) is 30.1 Å². The van der Waals surface area contributed by atoms with Crippen molar-refractivity contribution in [3.63, 3.8) is 0 Å². The van der Waals surface area contributed by atoms with E-state index in [9.17, 15) is 9.59 Å². The van der Waals surface area contributed by atoms with Crippen molar-refractivity contribution in [3.8, 4) is 11.1 Å². The van der Waals surface area contributed by atoms with Crippen LogP contribution in [0.3, 0.4) is 0 Å². The highest BCUT2D eigenvalue weighted by molar-refractivity contribution is 5.94. The number of hydrogen-bond acceptors (Lipinski definition) is 5. The molecular formula is C20H21N5O3. The quantitative estimate of drug-likeness (QED) is 0.721. The lowest BCUT2D eigenvalue weighted by molar-refractivity contribution is -0.143. The molecule has 144 valence electrons.